The summed E-state index contributed by atoms with van der Waals surface area (Å²) in [6.45, 7) is 3.61. The summed E-state index contributed by atoms with van der Waals surface area (Å²) in [6, 6.07) is 0.622. The Morgan fingerprint density at radius 2 is 2.04 bits per heavy atom. The van der Waals surface area contributed by atoms with E-state index in [1.807, 2.05) is 11.8 Å². The summed E-state index contributed by atoms with van der Waals surface area (Å²) < 4.78 is 5.89. The molecular formula is C18H29N3O4. The summed E-state index contributed by atoms with van der Waals surface area (Å²) in [4.78, 5) is 25.3. The first kappa shape index (κ1) is 17.1. The van der Waals surface area contributed by atoms with Crippen molar-refractivity contribution in [2.24, 2.45) is 11.3 Å². The summed E-state index contributed by atoms with van der Waals surface area (Å²) in [5.41, 5.74) is 0.209. The molecule has 1 heterocycles. The number of nitrogens with one attached hydrogen (secondary N) is 2. The zero-order valence-electron chi connectivity index (χ0n) is 14.9. The second kappa shape index (κ2) is 6.43. The van der Waals surface area contributed by atoms with Crippen LogP contribution in [-0.2, 0) is 9.53 Å². The summed E-state index contributed by atoms with van der Waals surface area (Å²) in [5.74, 6) is -0.300. The van der Waals surface area contributed by atoms with E-state index in [1.54, 1.807) is 0 Å². The molecule has 0 radical (unpaired) electrons. The van der Waals surface area contributed by atoms with E-state index < -0.39 is 5.97 Å². The number of nitrogens with zero attached hydrogens (tertiary/aromatic N) is 1. The fraction of sp³-hybridized carbons (Fsp3) is 0.889. The molecule has 3 aliphatic carbocycles. The maximum absolute atomic E-state index is 12.4. The number of carboxylic acid groups (broad SMARTS) is 1. The van der Waals surface area contributed by atoms with Gasteiger partial charge in [0, 0.05) is 36.1 Å². The molecule has 1 spiro atoms. The zero-order chi connectivity index (χ0) is 17.6. The van der Waals surface area contributed by atoms with E-state index in [9.17, 15) is 9.59 Å². The van der Waals surface area contributed by atoms with Crippen molar-refractivity contribution >= 4 is 12.0 Å². The van der Waals surface area contributed by atoms with Crippen molar-refractivity contribution < 1.29 is 19.4 Å². The number of carboxylic acids is 1. The van der Waals surface area contributed by atoms with Gasteiger partial charge in [0.05, 0.1) is 12.6 Å². The van der Waals surface area contributed by atoms with Gasteiger partial charge in [-0.2, -0.15) is 0 Å². The van der Waals surface area contributed by atoms with Crippen LogP contribution in [0.25, 0.3) is 0 Å². The van der Waals surface area contributed by atoms with Crippen LogP contribution in [0.5, 0.6) is 0 Å². The fourth-order valence-electron chi connectivity index (χ4n) is 5.50. The quantitative estimate of drug-likeness (QED) is 0.668. The molecule has 0 bridgehead atoms. The van der Waals surface area contributed by atoms with Crippen LogP contribution in [0.4, 0.5) is 4.79 Å². The Bertz CT molecular complexity index is 544. The highest BCUT2D eigenvalue weighted by molar-refractivity contribution is 5.75. The highest BCUT2D eigenvalue weighted by atomic mass is 16.5. The van der Waals surface area contributed by atoms with E-state index in [2.05, 4.69) is 10.6 Å². The highest BCUT2D eigenvalue weighted by Crippen LogP contribution is 2.62. The molecule has 140 valence electrons. The summed E-state index contributed by atoms with van der Waals surface area (Å²) in [6.07, 6.45) is 6.68. The SMILES string of the molecule is CCN(CC(=O)O)C1CC(NC(=O)NC2C3CCOC3C23CCC3)C1. The monoisotopic (exact) mass is 351 g/mol. The molecule has 0 aromatic heterocycles. The molecule has 2 amide bonds. The lowest BCUT2D eigenvalue weighted by Crippen LogP contribution is -2.72. The third-order valence-corrected chi connectivity index (χ3v) is 7.03. The number of carbonyl (C=O) groups excluding carboxylic acids is 1. The van der Waals surface area contributed by atoms with Crippen molar-refractivity contribution in [1.82, 2.24) is 15.5 Å². The number of carbonyl (C=O) groups is 2. The van der Waals surface area contributed by atoms with Crippen molar-refractivity contribution in [3.8, 4) is 0 Å². The van der Waals surface area contributed by atoms with Gasteiger partial charge in [-0.05, 0) is 38.6 Å². The average Bonchev–Trinajstić information content (AvgIpc) is 2.89. The van der Waals surface area contributed by atoms with Crippen molar-refractivity contribution in [3.63, 3.8) is 0 Å². The first-order valence-corrected chi connectivity index (χ1v) is 9.68. The van der Waals surface area contributed by atoms with Crippen LogP contribution < -0.4 is 10.6 Å². The Morgan fingerprint density at radius 3 is 2.64 bits per heavy atom. The summed E-state index contributed by atoms with van der Waals surface area (Å²) >= 11 is 0. The molecule has 25 heavy (non-hydrogen) atoms. The van der Waals surface area contributed by atoms with Crippen LogP contribution in [0.3, 0.4) is 0 Å². The smallest absolute Gasteiger partial charge is 0.317 e. The molecular weight excluding hydrogens is 322 g/mol. The molecule has 1 saturated heterocycles. The molecule has 3 atom stereocenters. The van der Waals surface area contributed by atoms with E-state index in [1.165, 1.54) is 19.3 Å². The third kappa shape index (κ3) is 2.81. The molecule has 3 unspecified atom stereocenters. The van der Waals surface area contributed by atoms with Gasteiger partial charge in [-0.15, -0.1) is 0 Å². The van der Waals surface area contributed by atoms with E-state index in [-0.39, 0.29) is 36.1 Å². The van der Waals surface area contributed by atoms with Crippen molar-refractivity contribution in [1.29, 1.82) is 0 Å². The van der Waals surface area contributed by atoms with Crippen LogP contribution in [0.15, 0.2) is 0 Å². The molecule has 4 aliphatic rings. The van der Waals surface area contributed by atoms with Gasteiger partial charge in [-0.1, -0.05) is 13.3 Å². The van der Waals surface area contributed by atoms with E-state index in [4.69, 9.17) is 9.84 Å². The first-order chi connectivity index (χ1) is 12.0. The minimum absolute atomic E-state index is 0.0636. The molecule has 0 aromatic rings. The predicted molar refractivity (Wildman–Crippen MR) is 91.3 cm³/mol. The predicted octanol–water partition coefficient (Wildman–Crippen LogP) is 1.18. The Morgan fingerprint density at radius 1 is 1.28 bits per heavy atom. The lowest BCUT2D eigenvalue weighted by molar-refractivity contribution is -0.172. The van der Waals surface area contributed by atoms with Crippen LogP contribution in [0.1, 0.15) is 45.4 Å². The van der Waals surface area contributed by atoms with E-state index in [0.29, 0.717) is 12.0 Å². The number of hydrogen-bond acceptors (Lipinski definition) is 4. The Labute approximate surface area is 148 Å². The topological polar surface area (TPSA) is 90.9 Å². The molecule has 4 rings (SSSR count). The van der Waals surface area contributed by atoms with Gasteiger partial charge in [0.1, 0.15) is 0 Å². The molecule has 1 aliphatic heterocycles. The molecule has 3 saturated carbocycles. The van der Waals surface area contributed by atoms with Crippen molar-refractivity contribution in [3.05, 3.63) is 0 Å². The fourth-order valence-corrected chi connectivity index (χ4v) is 5.50. The largest absolute Gasteiger partial charge is 0.480 e. The lowest BCUT2D eigenvalue weighted by atomic mass is 9.46. The maximum atomic E-state index is 12.4. The minimum atomic E-state index is -0.792. The molecule has 0 aromatic carbocycles. The van der Waals surface area contributed by atoms with Gasteiger partial charge in [0.15, 0.2) is 0 Å². The van der Waals surface area contributed by atoms with Gasteiger partial charge in [-0.25, -0.2) is 4.79 Å². The normalized spacial score (nSPS) is 37.6. The summed E-state index contributed by atoms with van der Waals surface area (Å²) in [5, 5.41) is 15.3. The number of fused-ring (bicyclic) bond motifs is 2. The first-order valence-electron chi connectivity index (χ1n) is 9.68. The van der Waals surface area contributed by atoms with Crippen LogP contribution in [-0.4, -0.2) is 65.9 Å². The number of rotatable bonds is 6. The average molecular weight is 351 g/mol. The Hall–Kier alpha value is -1.34. The zero-order valence-corrected chi connectivity index (χ0v) is 14.9. The molecule has 7 nitrogen and oxygen atoms in total. The van der Waals surface area contributed by atoms with Crippen molar-refractivity contribution in [2.75, 3.05) is 19.7 Å². The maximum Gasteiger partial charge on any atom is 0.317 e. The van der Waals surface area contributed by atoms with Gasteiger partial charge < -0.3 is 20.5 Å². The van der Waals surface area contributed by atoms with Crippen molar-refractivity contribution in [2.45, 2.75) is 69.7 Å². The second-order valence-corrected chi connectivity index (χ2v) is 8.21. The Kier molecular flexibility index (Phi) is 4.40. The number of amides is 2. The number of aliphatic carboxylic acids is 1. The van der Waals surface area contributed by atoms with Crippen LogP contribution in [0, 0.1) is 11.3 Å². The lowest BCUT2D eigenvalue weighted by Gasteiger charge is -2.63. The van der Waals surface area contributed by atoms with E-state index >= 15 is 0 Å². The van der Waals surface area contributed by atoms with Gasteiger partial charge in [-0.3, -0.25) is 9.69 Å². The number of ether oxygens (including phenoxy) is 1. The van der Waals surface area contributed by atoms with E-state index in [0.717, 1.165) is 32.4 Å². The van der Waals surface area contributed by atoms with Gasteiger partial charge in [0.25, 0.3) is 0 Å². The van der Waals surface area contributed by atoms with Gasteiger partial charge >= 0.3 is 12.0 Å². The number of likely N-dealkylation sites (N-methyl/N-ethyl adjacent to an activating group) is 1. The van der Waals surface area contributed by atoms with Crippen LogP contribution >= 0.6 is 0 Å². The molecule has 4 fully saturated rings. The molecule has 3 N–H and O–H groups in total. The second-order valence-electron chi connectivity index (χ2n) is 8.21. The number of urea groups is 1. The third-order valence-electron chi connectivity index (χ3n) is 7.03. The highest BCUT2D eigenvalue weighted by Gasteiger charge is 2.67. The summed E-state index contributed by atoms with van der Waals surface area (Å²) in [7, 11) is 0. The standard InChI is InChI=1S/C18H29N3O4/c1-2-21(10-14(22)23)12-8-11(9-12)19-17(24)20-15-13-4-7-25-16(13)18(15)5-3-6-18/h11-13,15-16H,2-10H2,1H3,(H,22,23)(H2,19,20,24). The minimum Gasteiger partial charge on any atom is -0.480 e. The number of hydrogen-bond donors (Lipinski definition) is 3. The molecule has 7 heteroatoms. The van der Waals surface area contributed by atoms with Gasteiger partial charge in [0.2, 0.25) is 0 Å². The Balaban J connectivity index is 1.23. The van der Waals surface area contributed by atoms with Crippen LogP contribution in [0.2, 0.25) is 0 Å².